The van der Waals surface area contributed by atoms with Crippen LogP contribution in [0.2, 0.25) is 0 Å². The minimum atomic E-state index is -0.438. The molecular weight excluding hydrogens is 374 g/mol. The molecule has 0 bridgehead atoms. The van der Waals surface area contributed by atoms with Crippen molar-refractivity contribution >= 4 is 50.4 Å². The van der Waals surface area contributed by atoms with Gasteiger partial charge in [0.05, 0.1) is 5.25 Å². The Labute approximate surface area is 170 Å². The van der Waals surface area contributed by atoms with Crippen LogP contribution >= 0.6 is 11.8 Å². The summed E-state index contributed by atoms with van der Waals surface area (Å²) >= 11 is 1.41. The Morgan fingerprint density at radius 1 is 1.07 bits per heavy atom. The molecule has 0 aliphatic carbocycles. The lowest BCUT2D eigenvalue weighted by Crippen LogP contribution is -2.26. The van der Waals surface area contributed by atoms with Gasteiger partial charge in [-0.1, -0.05) is 24.0 Å². The van der Waals surface area contributed by atoms with Gasteiger partial charge < -0.3 is 20.1 Å². The van der Waals surface area contributed by atoms with Crippen LogP contribution in [0.5, 0.6) is 17.2 Å². The molecule has 5 nitrogen and oxygen atoms in total. The van der Waals surface area contributed by atoms with E-state index in [9.17, 15) is 24.9 Å². The average Bonchev–Trinajstić information content (AvgIpc) is 2.68. The summed E-state index contributed by atoms with van der Waals surface area (Å²) in [5.41, 5.74) is 2.50. The minimum Gasteiger partial charge on any atom is -0.507 e. The van der Waals surface area contributed by atoms with Gasteiger partial charge in [0.25, 0.3) is 0 Å². The van der Waals surface area contributed by atoms with Crippen molar-refractivity contribution in [1.29, 1.82) is 0 Å². The first-order valence-electron chi connectivity index (χ1n) is 8.66. The molecule has 0 spiro atoms. The van der Waals surface area contributed by atoms with E-state index < -0.39 is 5.75 Å². The Kier molecular flexibility index (Phi) is 7.24. The first-order valence-corrected chi connectivity index (χ1v) is 9.70. The number of carbonyl (C=O) groups excluding carboxylic acids is 2. The number of rotatable bonds is 6. The summed E-state index contributed by atoms with van der Waals surface area (Å²) in [7, 11) is 3.24. The van der Waals surface area contributed by atoms with E-state index in [1.165, 1.54) is 18.7 Å². The van der Waals surface area contributed by atoms with Gasteiger partial charge >= 0.3 is 0 Å². The second kappa shape index (κ2) is 9.43. The maximum atomic E-state index is 11.1. The molecular formula is C20H20B2O5S. The van der Waals surface area contributed by atoms with Crippen LogP contribution in [-0.4, -0.2) is 48.3 Å². The molecule has 1 atom stereocenters. The van der Waals surface area contributed by atoms with Crippen LogP contribution in [0.4, 0.5) is 0 Å². The highest BCUT2D eigenvalue weighted by molar-refractivity contribution is 7.99. The van der Waals surface area contributed by atoms with Crippen molar-refractivity contribution in [2.45, 2.75) is 24.3 Å². The lowest BCUT2D eigenvalue weighted by Gasteiger charge is -2.11. The van der Waals surface area contributed by atoms with Gasteiger partial charge in [-0.3, -0.25) is 4.79 Å². The molecule has 0 saturated heterocycles. The molecule has 0 aromatic heterocycles. The minimum absolute atomic E-state index is 0.0147. The molecule has 8 heteroatoms. The standard InChI is InChI=1S/C20H20B2O5S/c1-11(24)8-14(9-23)28-10-13-4-2-12(3-5-13)6-7-15-18(25)16(21)17(22)20(27)19(15)26/h2-5,9,14,25-27H,8,10,21-22H2,1H3/t14-/m1/s1. The van der Waals surface area contributed by atoms with Crippen molar-refractivity contribution in [1.82, 2.24) is 0 Å². The first-order chi connectivity index (χ1) is 13.2. The van der Waals surface area contributed by atoms with Gasteiger partial charge in [0.1, 0.15) is 39.1 Å². The van der Waals surface area contributed by atoms with Crippen LogP contribution in [-0.2, 0) is 15.3 Å². The second-order valence-electron chi connectivity index (χ2n) is 6.51. The summed E-state index contributed by atoms with van der Waals surface area (Å²) < 4.78 is 0. The van der Waals surface area contributed by atoms with Gasteiger partial charge in [0, 0.05) is 17.7 Å². The number of aromatic hydroxyl groups is 3. The number of Topliss-reactive ketones (excluding diaryl/α,β-unsaturated/α-hetero) is 1. The SMILES string of the molecule is Bc1c(B)c(O)c(C#Cc2ccc(CS[C@@H](C=O)CC(C)=O)cc2)c(O)c1O. The monoisotopic (exact) mass is 394 g/mol. The highest BCUT2D eigenvalue weighted by Gasteiger charge is 2.16. The van der Waals surface area contributed by atoms with E-state index >= 15 is 0 Å². The van der Waals surface area contributed by atoms with Gasteiger partial charge in [-0.15, -0.1) is 11.8 Å². The molecule has 2 aromatic carbocycles. The van der Waals surface area contributed by atoms with Crippen molar-refractivity contribution in [3.05, 3.63) is 41.0 Å². The number of thioether (sulfide) groups is 1. The molecule has 2 aromatic rings. The fourth-order valence-corrected chi connectivity index (χ4v) is 3.55. The maximum Gasteiger partial charge on any atom is 0.176 e. The number of ketones is 1. The number of carbonyl (C=O) groups is 2. The Hall–Kier alpha value is -2.78. The normalized spacial score (nSPS) is 11.3. The number of phenolic OH excluding ortho intramolecular Hbond substituents is 3. The third kappa shape index (κ3) is 5.14. The van der Waals surface area contributed by atoms with E-state index in [2.05, 4.69) is 11.8 Å². The molecule has 0 amide bonds. The molecule has 0 heterocycles. The van der Waals surface area contributed by atoms with Crippen LogP contribution in [0.25, 0.3) is 0 Å². The Bertz CT molecular complexity index is 932. The van der Waals surface area contributed by atoms with Crippen LogP contribution in [0.3, 0.4) is 0 Å². The summed E-state index contributed by atoms with van der Waals surface area (Å²) in [4.78, 5) is 22.1. The van der Waals surface area contributed by atoms with E-state index in [1.54, 1.807) is 27.8 Å². The predicted molar refractivity (Wildman–Crippen MR) is 117 cm³/mol. The van der Waals surface area contributed by atoms with Gasteiger partial charge in [0.15, 0.2) is 11.5 Å². The third-order valence-corrected chi connectivity index (χ3v) is 5.57. The highest BCUT2D eigenvalue weighted by Crippen LogP contribution is 2.31. The van der Waals surface area contributed by atoms with Crippen molar-refractivity contribution in [2.75, 3.05) is 0 Å². The zero-order valence-corrected chi connectivity index (χ0v) is 16.8. The van der Waals surface area contributed by atoms with E-state index in [-0.39, 0.29) is 34.5 Å². The summed E-state index contributed by atoms with van der Waals surface area (Å²) in [6.07, 6.45) is 1.03. The van der Waals surface area contributed by atoms with Crippen LogP contribution in [0.1, 0.15) is 30.0 Å². The summed E-state index contributed by atoms with van der Waals surface area (Å²) in [5.74, 6) is 5.26. The molecule has 28 heavy (non-hydrogen) atoms. The van der Waals surface area contributed by atoms with E-state index in [0.717, 1.165) is 11.8 Å². The number of aldehydes is 1. The smallest absolute Gasteiger partial charge is 0.176 e. The molecule has 0 radical (unpaired) electrons. The Balaban J connectivity index is 2.15. The number of phenols is 3. The third-order valence-electron chi connectivity index (χ3n) is 4.36. The van der Waals surface area contributed by atoms with Crippen LogP contribution in [0, 0.1) is 11.8 Å². The summed E-state index contributed by atoms with van der Waals surface area (Å²) in [6.45, 7) is 1.47. The molecule has 0 fully saturated rings. The van der Waals surface area contributed by atoms with Gasteiger partial charge in [0.2, 0.25) is 0 Å². The lowest BCUT2D eigenvalue weighted by molar-refractivity contribution is -0.118. The van der Waals surface area contributed by atoms with Crippen molar-refractivity contribution in [3.63, 3.8) is 0 Å². The summed E-state index contributed by atoms with van der Waals surface area (Å²) in [6, 6.07) is 7.31. The molecule has 0 aliphatic heterocycles. The topological polar surface area (TPSA) is 94.8 Å². The number of hydrogen-bond donors (Lipinski definition) is 3. The first kappa shape index (κ1) is 21.5. The Morgan fingerprint density at radius 2 is 1.68 bits per heavy atom. The highest BCUT2D eigenvalue weighted by atomic mass is 32.2. The molecule has 0 aliphatic rings. The fraction of sp³-hybridized carbons (Fsp3) is 0.200. The van der Waals surface area contributed by atoms with Gasteiger partial charge in [-0.05, 0) is 35.5 Å². The number of hydrogen-bond acceptors (Lipinski definition) is 6. The molecule has 3 N–H and O–H groups in total. The zero-order valence-electron chi connectivity index (χ0n) is 15.9. The van der Waals surface area contributed by atoms with Gasteiger partial charge in [-0.25, -0.2) is 0 Å². The maximum absolute atomic E-state index is 11.1. The van der Waals surface area contributed by atoms with Gasteiger partial charge in [-0.2, -0.15) is 0 Å². The van der Waals surface area contributed by atoms with Crippen LogP contribution in [0.15, 0.2) is 24.3 Å². The molecule has 0 saturated carbocycles. The fourth-order valence-electron chi connectivity index (χ4n) is 2.52. The quantitative estimate of drug-likeness (QED) is 0.201. The van der Waals surface area contributed by atoms with Crippen molar-refractivity contribution < 1.29 is 24.9 Å². The largest absolute Gasteiger partial charge is 0.507 e. The average molecular weight is 394 g/mol. The molecule has 0 unspecified atom stereocenters. The zero-order chi connectivity index (χ0) is 20.8. The number of benzene rings is 2. The summed E-state index contributed by atoms with van der Waals surface area (Å²) in [5, 5.41) is 29.8. The second-order valence-corrected chi connectivity index (χ2v) is 7.74. The lowest BCUT2D eigenvalue weighted by atomic mass is 9.78. The molecule has 2 rings (SSSR count). The Morgan fingerprint density at radius 3 is 2.25 bits per heavy atom. The van der Waals surface area contributed by atoms with E-state index in [4.69, 9.17) is 0 Å². The van der Waals surface area contributed by atoms with Crippen molar-refractivity contribution in [2.24, 2.45) is 0 Å². The van der Waals surface area contributed by atoms with Crippen molar-refractivity contribution in [3.8, 4) is 29.1 Å². The van der Waals surface area contributed by atoms with E-state index in [1.807, 2.05) is 12.1 Å². The molecule has 142 valence electrons. The van der Waals surface area contributed by atoms with E-state index in [0.29, 0.717) is 22.2 Å². The van der Waals surface area contributed by atoms with Crippen LogP contribution < -0.4 is 10.9 Å². The predicted octanol–water partition coefficient (Wildman–Crippen LogP) is -0.500.